The van der Waals surface area contributed by atoms with E-state index in [-0.39, 0.29) is 0 Å². The Hall–Kier alpha value is -2.85. The summed E-state index contributed by atoms with van der Waals surface area (Å²) < 4.78 is 5.77. The van der Waals surface area contributed by atoms with Crippen molar-refractivity contribution in [2.75, 3.05) is 13.7 Å². The molecule has 2 heterocycles. The van der Waals surface area contributed by atoms with E-state index < -0.39 is 0 Å². The Bertz CT molecular complexity index is 1140. The first-order valence-electron chi connectivity index (χ1n) is 9.88. The summed E-state index contributed by atoms with van der Waals surface area (Å²) in [5.41, 5.74) is 14.0. The number of fused-ring (bicyclic) bond motifs is 2. The minimum absolute atomic E-state index is 0.719. The van der Waals surface area contributed by atoms with Gasteiger partial charge in [0.15, 0.2) is 0 Å². The number of nitrogens with two attached hydrogens (primary N) is 1. The standard InChI is InChI=1S/C24H27N3O/c1-15-13-16(2)23-19(14-15)17(7-4-5-11-25)24(27-23)22-18-8-6-12-26-20(18)9-10-21(22)28-3/h6,8-10,12-14,27H,4-5,7,11,25H2,1-3H3. The topological polar surface area (TPSA) is 63.9 Å². The summed E-state index contributed by atoms with van der Waals surface area (Å²) in [6, 6.07) is 12.6. The highest BCUT2D eigenvalue weighted by molar-refractivity contribution is 6.02. The Kier molecular flexibility index (Phi) is 5.05. The smallest absolute Gasteiger partial charge is 0.128 e. The van der Waals surface area contributed by atoms with Crippen molar-refractivity contribution in [3.63, 3.8) is 0 Å². The number of ether oxygens (including phenoxy) is 1. The highest BCUT2D eigenvalue weighted by atomic mass is 16.5. The monoisotopic (exact) mass is 373 g/mol. The molecule has 0 radical (unpaired) electrons. The number of hydrogen-bond donors (Lipinski definition) is 2. The second-order valence-electron chi connectivity index (χ2n) is 7.44. The van der Waals surface area contributed by atoms with Crippen molar-refractivity contribution in [1.29, 1.82) is 0 Å². The number of aromatic amines is 1. The summed E-state index contributed by atoms with van der Waals surface area (Å²) in [4.78, 5) is 8.28. The third kappa shape index (κ3) is 3.14. The van der Waals surface area contributed by atoms with Crippen molar-refractivity contribution < 1.29 is 4.74 Å². The van der Waals surface area contributed by atoms with Gasteiger partial charge in [-0.15, -0.1) is 0 Å². The van der Waals surface area contributed by atoms with Crippen molar-refractivity contribution in [2.45, 2.75) is 33.1 Å². The van der Waals surface area contributed by atoms with E-state index in [1.165, 1.54) is 27.6 Å². The van der Waals surface area contributed by atoms with Crippen LogP contribution in [0, 0.1) is 13.8 Å². The van der Waals surface area contributed by atoms with E-state index in [4.69, 9.17) is 10.5 Å². The molecule has 4 heteroatoms. The van der Waals surface area contributed by atoms with Crippen molar-refractivity contribution in [3.05, 3.63) is 59.3 Å². The van der Waals surface area contributed by atoms with Gasteiger partial charge in [0, 0.05) is 28.0 Å². The molecule has 0 aliphatic heterocycles. The molecular formula is C24H27N3O. The maximum Gasteiger partial charge on any atom is 0.128 e. The lowest BCUT2D eigenvalue weighted by Crippen LogP contribution is -2.00. The molecule has 2 aromatic heterocycles. The van der Waals surface area contributed by atoms with Crippen LogP contribution in [0.2, 0.25) is 0 Å². The third-order valence-corrected chi connectivity index (χ3v) is 5.45. The largest absolute Gasteiger partial charge is 0.496 e. The Morgan fingerprint density at radius 2 is 1.93 bits per heavy atom. The van der Waals surface area contributed by atoms with Crippen molar-refractivity contribution in [3.8, 4) is 17.0 Å². The molecule has 0 aliphatic rings. The second-order valence-corrected chi connectivity index (χ2v) is 7.44. The maximum absolute atomic E-state index is 5.77. The van der Waals surface area contributed by atoms with Crippen LogP contribution in [-0.4, -0.2) is 23.6 Å². The van der Waals surface area contributed by atoms with Crippen LogP contribution < -0.4 is 10.5 Å². The molecule has 4 rings (SSSR count). The van der Waals surface area contributed by atoms with Crippen LogP contribution in [0.1, 0.15) is 29.5 Å². The Balaban J connectivity index is 2.05. The summed E-state index contributed by atoms with van der Waals surface area (Å²) in [5.74, 6) is 0.863. The molecule has 28 heavy (non-hydrogen) atoms. The van der Waals surface area contributed by atoms with Gasteiger partial charge < -0.3 is 15.5 Å². The maximum atomic E-state index is 5.77. The summed E-state index contributed by atoms with van der Waals surface area (Å²) in [5, 5.41) is 2.40. The quantitative estimate of drug-likeness (QED) is 0.451. The van der Waals surface area contributed by atoms with Crippen molar-refractivity contribution >= 4 is 21.8 Å². The Morgan fingerprint density at radius 3 is 2.71 bits per heavy atom. The SMILES string of the molecule is COc1ccc2ncccc2c1-c1[nH]c2c(C)cc(C)cc2c1CCCCN. The normalized spacial score (nSPS) is 11.4. The average molecular weight is 374 g/mol. The highest BCUT2D eigenvalue weighted by Crippen LogP contribution is 2.41. The van der Waals surface area contributed by atoms with Crippen LogP contribution in [-0.2, 0) is 6.42 Å². The van der Waals surface area contributed by atoms with Crippen LogP contribution in [0.5, 0.6) is 5.75 Å². The molecule has 0 spiro atoms. The number of H-pyrrole nitrogens is 1. The molecule has 0 unspecified atom stereocenters. The molecular weight excluding hydrogens is 346 g/mol. The zero-order chi connectivity index (χ0) is 19.7. The molecule has 0 atom stereocenters. The van der Waals surface area contributed by atoms with Gasteiger partial charge in [0.25, 0.3) is 0 Å². The zero-order valence-corrected chi connectivity index (χ0v) is 16.8. The number of unbranched alkanes of at least 4 members (excludes halogenated alkanes) is 1. The van der Waals surface area contributed by atoms with Crippen LogP contribution in [0.15, 0.2) is 42.6 Å². The summed E-state index contributed by atoms with van der Waals surface area (Å²) in [6.45, 7) is 5.05. The van der Waals surface area contributed by atoms with E-state index in [1.54, 1.807) is 7.11 Å². The van der Waals surface area contributed by atoms with E-state index in [1.807, 2.05) is 24.4 Å². The van der Waals surface area contributed by atoms with Crippen LogP contribution in [0.3, 0.4) is 0 Å². The molecule has 0 aliphatic carbocycles. The molecule has 0 bridgehead atoms. The minimum Gasteiger partial charge on any atom is -0.496 e. The van der Waals surface area contributed by atoms with Gasteiger partial charge in [0.2, 0.25) is 0 Å². The van der Waals surface area contributed by atoms with Gasteiger partial charge in [0.1, 0.15) is 5.75 Å². The lowest BCUT2D eigenvalue weighted by molar-refractivity contribution is 0.417. The number of benzene rings is 2. The third-order valence-electron chi connectivity index (χ3n) is 5.45. The summed E-state index contributed by atoms with van der Waals surface area (Å²) >= 11 is 0. The Morgan fingerprint density at radius 1 is 1.07 bits per heavy atom. The van der Waals surface area contributed by atoms with Crippen molar-refractivity contribution in [1.82, 2.24) is 9.97 Å². The fourth-order valence-electron chi connectivity index (χ4n) is 4.19. The van der Waals surface area contributed by atoms with E-state index >= 15 is 0 Å². The lowest BCUT2D eigenvalue weighted by Gasteiger charge is -2.13. The van der Waals surface area contributed by atoms with E-state index in [0.717, 1.165) is 53.7 Å². The number of aryl methyl sites for hydroxylation is 3. The van der Waals surface area contributed by atoms with Crippen molar-refractivity contribution in [2.24, 2.45) is 5.73 Å². The number of pyridine rings is 1. The molecule has 0 saturated carbocycles. The number of nitrogens with one attached hydrogen (secondary N) is 1. The molecule has 0 fully saturated rings. The number of rotatable bonds is 6. The highest BCUT2D eigenvalue weighted by Gasteiger charge is 2.20. The number of methoxy groups -OCH3 is 1. The first-order valence-corrected chi connectivity index (χ1v) is 9.88. The molecule has 144 valence electrons. The predicted octanol–water partition coefficient (Wildman–Crippen LogP) is 5.29. The van der Waals surface area contributed by atoms with E-state index in [2.05, 4.69) is 42.0 Å². The molecule has 0 amide bonds. The van der Waals surface area contributed by atoms with Gasteiger partial charge in [0.05, 0.1) is 18.3 Å². The first-order chi connectivity index (χ1) is 13.6. The number of nitrogens with zero attached hydrogens (tertiary/aromatic N) is 1. The fourth-order valence-corrected chi connectivity index (χ4v) is 4.19. The fraction of sp³-hybridized carbons (Fsp3) is 0.292. The molecule has 4 nitrogen and oxygen atoms in total. The molecule has 0 saturated heterocycles. The molecule has 3 N–H and O–H groups in total. The second kappa shape index (κ2) is 7.64. The minimum atomic E-state index is 0.719. The van der Waals surface area contributed by atoms with Gasteiger partial charge in [-0.3, -0.25) is 4.98 Å². The number of hydrogen-bond acceptors (Lipinski definition) is 3. The van der Waals surface area contributed by atoms with Crippen LogP contribution in [0.25, 0.3) is 33.1 Å². The van der Waals surface area contributed by atoms with Gasteiger partial charge in [-0.25, -0.2) is 0 Å². The van der Waals surface area contributed by atoms with Gasteiger partial charge in [-0.05, 0) is 75.0 Å². The summed E-state index contributed by atoms with van der Waals surface area (Å²) in [6.07, 6.45) is 4.90. The van der Waals surface area contributed by atoms with E-state index in [9.17, 15) is 0 Å². The zero-order valence-electron chi connectivity index (χ0n) is 16.8. The van der Waals surface area contributed by atoms with Crippen LogP contribution >= 0.6 is 0 Å². The average Bonchev–Trinajstić information content (AvgIpc) is 3.05. The molecule has 4 aromatic rings. The predicted molar refractivity (Wildman–Crippen MR) is 117 cm³/mol. The summed E-state index contributed by atoms with van der Waals surface area (Å²) in [7, 11) is 1.73. The first kappa shape index (κ1) is 18.5. The van der Waals surface area contributed by atoms with Gasteiger partial charge in [-0.2, -0.15) is 0 Å². The van der Waals surface area contributed by atoms with Gasteiger partial charge >= 0.3 is 0 Å². The Labute approximate surface area is 165 Å². The number of aromatic nitrogens is 2. The van der Waals surface area contributed by atoms with Gasteiger partial charge in [-0.1, -0.05) is 17.7 Å². The van der Waals surface area contributed by atoms with E-state index in [0.29, 0.717) is 0 Å². The molecule has 2 aromatic carbocycles. The lowest BCUT2D eigenvalue weighted by atomic mass is 9.96. The van der Waals surface area contributed by atoms with Crippen LogP contribution in [0.4, 0.5) is 0 Å².